The van der Waals surface area contributed by atoms with Crippen LogP contribution in [-0.2, 0) is 14.3 Å². The molecule has 0 radical (unpaired) electrons. The molecule has 5 atom stereocenters. The van der Waals surface area contributed by atoms with Crippen molar-refractivity contribution in [2.75, 3.05) is 13.1 Å². The summed E-state index contributed by atoms with van der Waals surface area (Å²) in [5.74, 6) is -0.0599. The molecule has 0 saturated carbocycles. The SMILES string of the molecule is CCCNC(=O)NC[C@H]1O[C@@H]2C[C@@H](CC(=O)NC(C)C)O[C@@H]2[C@@H]1O. The number of rotatable bonds is 7. The Morgan fingerprint density at radius 3 is 2.62 bits per heavy atom. The van der Waals surface area contributed by atoms with Crippen LogP contribution < -0.4 is 16.0 Å². The Labute approximate surface area is 142 Å². The van der Waals surface area contributed by atoms with Gasteiger partial charge in [-0.1, -0.05) is 6.92 Å². The van der Waals surface area contributed by atoms with Crippen LogP contribution in [0.4, 0.5) is 4.79 Å². The molecule has 138 valence electrons. The number of nitrogens with one attached hydrogen (secondary N) is 3. The molecule has 0 aromatic heterocycles. The van der Waals surface area contributed by atoms with Gasteiger partial charge in [0.15, 0.2) is 0 Å². The lowest BCUT2D eigenvalue weighted by Crippen LogP contribution is -2.44. The lowest BCUT2D eigenvalue weighted by molar-refractivity contribution is -0.125. The van der Waals surface area contributed by atoms with Gasteiger partial charge in [0.1, 0.15) is 18.3 Å². The van der Waals surface area contributed by atoms with Gasteiger partial charge in [0, 0.05) is 25.6 Å². The summed E-state index contributed by atoms with van der Waals surface area (Å²) >= 11 is 0. The molecule has 2 rings (SSSR count). The number of aliphatic hydroxyl groups excluding tert-OH is 1. The molecular weight excluding hydrogens is 314 g/mol. The van der Waals surface area contributed by atoms with Gasteiger partial charge in [0.05, 0.1) is 18.6 Å². The zero-order valence-electron chi connectivity index (χ0n) is 14.6. The molecule has 0 spiro atoms. The van der Waals surface area contributed by atoms with Crippen LogP contribution in [0.3, 0.4) is 0 Å². The maximum Gasteiger partial charge on any atom is 0.314 e. The van der Waals surface area contributed by atoms with Gasteiger partial charge in [-0.2, -0.15) is 0 Å². The topological polar surface area (TPSA) is 109 Å². The second kappa shape index (κ2) is 8.64. The van der Waals surface area contributed by atoms with Gasteiger partial charge in [0.2, 0.25) is 5.91 Å². The minimum absolute atomic E-state index is 0.0599. The van der Waals surface area contributed by atoms with Crippen LogP contribution in [0, 0.1) is 0 Å². The Balaban J connectivity index is 1.73. The molecule has 8 heteroatoms. The predicted molar refractivity (Wildman–Crippen MR) is 87.5 cm³/mol. The number of hydrogen-bond donors (Lipinski definition) is 4. The minimum Gasteiger partial charge on any atom is -0.388 e. The first-order chi connectivity index (χ1) is 11.4. The normalized spacial score (nSPS) is 31.8. The number of ether oxygens (including phenoxy) is 2. The fraction of sp³-hybridized carbons (Fsp3) is 0.875. The Bertz CT molecular complexity index is 445. The number of carbonyl (C=O) groups excluding carboxylic acids is 2. The summed E-state index contributed by atoms with van der Waals surface area (Å²) in [7, 11) is 0. The smallest absolute Gasteiger partial charge is 0.314 e. The van der Waals surface area contributed by atoms with Crippen LogP contribution in [0.25, 0.3) is 0 Å². The summed E-state index contributed by atoms with van der Waals surface area (Å²) in [5, 5.41) is 18.5. The summed E-state index contributed by atoms with van der Waals surface area (Å²) < 4.78 is 11.6. The summed E-state index contributed by atoms with van der Waals surface area (Å²) in [6.07, 6.45) is -0.503. The molecular formula is C16H29N3O5. The van der Waals surface area contributed by atoms with E-state index in [9.17, 15) is 14.7 Å². The Kier molecular flexibility index (Phi) is 6.82. The van der Waals surface area contributed by atoms with Crippen molar-refractivity contribution >= 4 is 11.9 Å². The van der Waals surface area contributed by atoms with Crippen LogP contribution in [0.5, 0.6) is 0 Å². The highest BCUT2D eigenvalue weighted by atomic mass is 16.6. The van der Waals surface area contributed by atoms with Gasteiger partial charge < -0.3 is 30.5 Å². The van der Waals surface area contributed by atoms with E-state index in [1.807, 2.05) is 20.8 Å². The lowest BCUT2D eigenvalue weighted by Gasteiger charge is -2.20. The fourth-order valence-electron chi connectivity index (χ4n) is 3.09. The highest BCUT2D eigenvalue weighted by molar-refractivity contribution is 5.76. The Morgan fingerprint density at radius 2 is 2.00 bits per heavy atom. The van der Waals surface area contributed by atoms with Gasteiger partial charge in [-0.3, -0.25) is 4.79 Å². The number of aliphatic hydroxyl groups is 1. The number of carbonyl (C=O) groups is 2. The second-order valence-electron chi connectivity index (χ2n) is 6.73. The first kappa shape index (κ1) is 19.0. The number of hydrogen-bond acceptors (Lipinski definition) is 5. The maximum atomic E-state index is 11.8. The zero-order valence-corrected chi connectivity index (χ0v) is 14.6. The molecule has 0 aromatic rings. The van der Waals surface area contributed by atoms with Crippen molar-refractivity contribution in [2.45, 2.75) is 76.6 Å². The van der Waals surface area contributed by atoms with Crippen molar-refractivity contribution in [3.63, 3.8) is 0 Å². The molecule has 2 aliphatic rings. The third kappa shape index (κ3) is 5.06. The van der Waals surface area contributed by atoms with Crippen molar-refractivity contribution in [3.8, 4) is 0 Å². The molecule has 0 unspecified atom stereocenters. The molecule has 0 aliphatic carbocycles. The fourth-order valence-corrected chi connectivity index (χ4v) is 3.09. The van der Waals surface area contributed by atoms with Crippen molar-refractivity contribution in [1.29, 1.82) is 0 Å². The molecule has 2 heterocycles. The molecule has 2 aliphatic heterocycles. The molecule has 4 N–H and O–H groups in total. The Hall–Kier alpha value is -1.38. The van der Waals surface area contributed by atoms with Crippen LogP contribution in [0.2, 0.25) is 0 Å². The summed E-state index contributed by atoms with van der Waals surface area (Å²) in [6.45, 7) is 6.62. The maximum absolute atomic E-state index is 11.8. The standard InChI is InChI=1S/C16H29N3O5/c1-4-5-17-16(22)18-8-12-14(21)15-11(24-12)6-10(23-15)7-13(20)19-9(2)3/h9-12,14-15,21H,4-8H2,1-3H3,(H,19,20)(H2,17,18,22)/t10-,11+,12+,14+,15-/m0/s1. The van der Waals surface area contributed by atoms with E-state index >= 15 is 0 Å². The minimum atomic E-state index is -0.806. The number of amides is 3. The molecule has 8 nitrogen and oxygen atoms in total. The first-order valence-electron chi connectivity index (χ1n) is 8.70. The van der Waals surface area contributed by atoms with Gasteiger partial charge in [-0.15, -0.1) is 0 Å². The van der Waals surface area contributed by atoms with E-state index < -0.39 is 18.3 Å². The van der Waals surface area contributed by atoms with E-state index in [0.717, 1.165) is 6.42 Å². The van der Waals surface area contributed by atoms with E-state index in [2.05, 4.69) is 16.0 Å². The van der Waals surface area contributed by atoms with Crippen molar-refractivity contribution < 1.29 is 24.2 Å². The van der Waals surface area contributed by atoms with E-state index in [4.69, 9.17) is 9.47 Å². The zero-order chi connectivity index (χ0) is 17.7. The highest BCUT2D eigenvalue weighted by Crippen LogP contribution is 2.35. The summed E-state index contributed by atoms with van der Waals surface area (Å²) in [6, 6.07) is -0.177. The quantitative estimate of drug-likeness (QED) is 0.516. The third-order valence-corrected chi connectivity index (χ3v) is 4.14. The molecule has 2 fully saturated rings. The van der Waals surface area contributed by atoms with Gasteiger partial charge >= 0.3 is 6.03 Å². The van der Waals surface area contributed by atoms with Gasteiger partial charge in [-0.05, 0) is 20.3 Å². The molecule has 0 aromatic carbocycles. The van der Waals surface area contributed by atoms with Crippen molar-refractivity contribution in [3.05, 3.63) is 0 Å². The summed E-state index contributed by atoms with van der Waals surface area (Å²) in [4.78, 5) is 23.3. The van der Waals surface area contributed by atoms with Crippen LogP contribution in [-0.4, -0.2) is 66.7 Å². The van der Waals surface area contributed by atoms with Gasteiger partial charge in [-0.25, -0.2) is 4.79 Å². The largest absolute Gasteiger partial charge is 0.388 e. The predicted octanol–water partition coefficient (Wildman–Crippen LogP) is -0.104. The Morgan fingerprint density at radius 1 is 1.25 bits per heavy atom. The van der Waals surface area contributed by atoms with E-state index in [-0.39, 0.29) is 43.2 Å². The molecule has 24 heavy (non-hydrogen) atoms. The summed E-state index contributed by atoms with van der Waals surface area (Å²) in [5.41, 5.74) is 0. The second-order valence-corrected chi connectivity index (χ2v) is 6.73. The van der Waals surface area contributed by atoms with E-state index in [1.165, 1.54) is 0 Å². The average Bonchev–Trinajstić information content (AvgIpc) is 3.01. The lowest BCUT2D eigenvalue weighted by atomic mass is 10.1. The molecule has 3 amide bonds. The average molecular weight is 343 g/mol. The van der Waals surface area contributed by atoms with Gasteiger partial charge in [0.25, 0.3) is 0 Å². The van der Waals surface area contributed by atoms with Crippen molar-refractivity contribution in [2.24, 2.45) is 0 Å². The van der Waals surface area contributed by atoms with Crippen LogP contribution >= 0.6 is 0 Å². The van der Waals surface area contributed by atoms with E-state index in [1.54, 1.807) is 0 Å². The highest BCUT2D eigenvalue weighted by Gasteiger charge is 2.50. The first-order valence-corrected chi connectivity index (χ1v) is 8.70. The molecule has 2 saturated heterocycles. The monoisotopic (exact) mass is 343 g/mol. The molecule has 0 bridgehead atoms. The number of urea groups is 1. The third-order valence-electron chi connectivity index (χ3n) is 4.14. The van der Waals surface area contributed by atoms with Crippen LogP contribution in [0.15, 0.2) is 0 Å². The van der Waals surface area contributed by atoms with E-state index in [0.29, 0.717) is 13.0 Å². The van der Waals surface area contributed by atoms with Crippen LogP contribution in [0.1, 0.15) is 40.0 Å². The van der Waals surface area contributed by atoms with Crippen molar-refractivity contribution in [1.82, 2.24) is 16.0 Å². The number of fused-ring (bicyclic) bond motifs is 1.